The van der Waals surface area contributed by atoms with Gasteiger partial charge in [0.15, 0.2) is 0 Å². The normalized spacial score (nSPS) is 26.4. The first-order valence-electron chi connectivity index (χ1n) is 9.39. The summed E-state index contributed by atoms with van der Waals surface area (Å²) in [6.07, 6.45) is 5.44. The Bertz CT molecular complexity index is 859. The van der Waals surface area contributed by atoms with Gasteiger partial charge in [0.25, 0.3) is 5.91 Å². The predicted molar refractivity (Wildman–Crippen MR) is 117 cm³/mol. The molecule has 2 rings (SSSR count). The van der Waals surface area contributed by atoms with E-state index in [2.05, 4.69) is 5.32 Å². The van der Waals surface area contributed by atoms with Gasteiger partial charge in [0.05, 0.1) is 23.2 Å². The van der Waals surface area contributed by atoms with E-state index in [1.54, 1.807) is 18.2 Å². The topological polar surface area (TPSA) is 69.6 Å². The fourth-order valence-electron chi connectivity index (χ4n) is 2.99. The van der Waals surface area contributed by atoms with Crippen LogP contribution in [0.3, 0.4) is 0 Å². The number of allylic oxidation sites excluding steroid dienone is 4. The number of amides is 1. The minimum absolute atomic E-state index is 0.0289. The third-order valence-electron chi connectivity index (χ3n) is 4.96. The lowest BCUT2D eigenvalue weighted by molar-refractivity contribution is -0.136. The zero-order chi connectivity index (χ0) is 21.7. The highest BCUT2D eigenvalue weighted by Crippen LogP contribution is 2.28. The number of hydrogen-bond acceptors (Lipinski definition) is 3. The second kappa shape index (κ2) is 9.99. The molecule has 0 radical (unpaired) electrons. The van der Waals surface area contributed by atoms with Gasteiger partial charge in [0.1, 0.15) is 0 Å². The van der Waals surface area contributed by atoms with E-state index in [9.17, 15) is 9.59 Å². The van der Waals surface area contributed by atoms with Crippen LogP contribution in [0.4, 0.5) is 0 Å². The molecule has 1 aromatic carbocycles. The van der Waals surface area contributed by atoms with Crippen molar-refractivity contribution in [2.24, 2.45) is 5.92 Å². The maximum Gasteiger partial charge on any atom is 0.307 e. The number of carboxylic acid groups (broad SMARTS) is 1. The number of halogens is 2. The van der Waals surface area contributed by atoms with Crippen LogP contribution in [0, 0.1) is 5.92 Å². The van der Waals surface area contributed by atoms with Gasteiger partial charge in [-0.05, 0) is 37.1 Å². The third kappa shape index (κ3) is 6.12. The highest BCUT2D eigenvalue weighted by Gasteiger charge is 2.23. The molecule has 3 atom stereocenters. The zero-order valence-electron chi connectivity index (χ0n) is 16.9. The Hall–Kier alpha value is -2.24. The van der Waals surface area contributed by atoms with Crippen LogP contribution in [0.15, 0.2) is 58.3 Å². The zero-order valence-corrected chi connectivity index (χ0v) is 18.5. The quantitative estimate of drug-likeness (QED) is 0.707. The SMILES string of the molecule is CC1/C=C(/C(=O)NC(C)c2ccc(CC(=O)O)cc2)N(C)C(C)/C=C\C(Cl)=C/1Cl. The number of carboxylic acids is 1. The van der Waals surface area contributed by atoms with E-state index < -0.39 is 5.97 Å². The number of rotatable bonds is 5. The Morgan fingerprint density at radius 2 is 1.83 bits per heavy atom. The number of aliphatic carboxylic acids is 1. The first-order valence-corrected chi connectivity index (χ1v) is 10.1. The van der Waals surface area contributed by atoms with Crippen LogP contribution in [-0.4, -0.2) is 35.0 Å². The van der Waals surface area contributed by atoms with Crippen molar-refractivity contribution in [3.8, 4) is 0 Å². The molecule has 7 heteroatoms. The maximum absolute atomic E-state index is 13.0. The van der Waals surface area contributed by atoms with Crippen LogP contribution in [0.25, 0.3) is 0 Å². The van der Waals surface area contributed by atoms with Gasteiger partial charge in [0.2, 0.25) is 0 Å². The van der Waals surface area contributed by atoms with Crippen LogP contribution in [0.2, 0.25) is 0 Å². The molecule has 29 heavy (non-hydrogen) atoms. The molecule has 0 spiro atoms. The summed E-state index contributed by atoms with van der Waals surface area (Å²) in [4.78, 5) is 25.7. The molecule has 1 aromatic rings. The van der Waals surface area contributed by atoms with E-state index in [1.165, 1.54) is 0 Å². The smallest absolute Gasteiger partial charge is 0.307 e. The van der Waals surface area contributed by atoms with E-state index in [-0.39, 0.29) is 30.3 Å². The molecular weight excluding hydrogens is 411 g/mol. The number of nitrogens with zero attached hydrogens (tertiary/aromatic N) is 1. The standard InChI is InChI=1S/C22H26Cl2N2O3/c1-13-11-19(26(4)14(2)5-10-18(23)21(13)24)22(29)25-15(3)17-8-6-16(7-9-17)12-20(27)28/h5-11,13-15H,12H2,1-4H3,(H,25,29)(H,27,28)/b10-5-,19-11-,21-18-. The lowest BCUT2D eigenvalue weighted by Gasteiger charge is -2.28. The Balaban J connectivity index is 2.21. The van der Waals surface area contributed by atoms with Gasteiger partial charge in [-0.1, -0.05) is 60.5 Å². The van der Waals surface area contributed by atoms with Crippen molar-refractivity contribution in [3.63, 3.8) is 0 Å². The summed E-state index contributed by atoms with van der Waals surface area (Å²) < 4.78 is 0. The van der Waals surface area contributed by atoms with Crippen LogP contribution in [0.5, 0.6) is 0 Å². The number of carbonyl (C=O) groups is 2. The lowest BCUT2D eigenvalue weighted by Crippen LogP contribution is -2.38. The van der Waals surface area contributed by atoms with Crippen molar-refractivity contribution in [1.29, 1.82) is 0 Å². The average Bonchev–Trinajstić information content (AvgIpc) is 2.70. The van der Waals surface area contributed by atoms with Gasteiger partial charge < -0.3 is 15.3 Å². The molecule has 0 aromatic heterocycles. The van der Waals surface area contributed by atoms with E-state index in [1.807, 2.05) is 57.0 Å². The van der Waals surface area contributed by atoms with Gasteiger partial charge in [0, 0.05) is 24.0 Å². The summed E-state index contributed by atoms with van der Waals surface area (Å²) in [6, 6.07) is 6.88. The predicted octanol–water partition coefficient (Wildman–Crippen LogP) is 4.59. The van der Waals surface area contributed by atoms with Gasteiger partial charge in [-0.25, -0.2) is 0 Å². The van der Waals surface area contributed by atoms with Gasteiger partial charge >= 0.3 is 5.97 Å². The van der Waals surface area contributed by atoms with Gasteiger partial charge in [-0.2, -0.15) is 0 Å². The van der Waals surface area contributed by atoms with E-state index in [0.29, 0.717) is 21.3 Å². The molecule has 0 bridgehead atoms. The van der Waals surface area contributed by atoms with Crippen molar-refractivity contribution in [1.82, 2.24) is 10.2 Å². The Kier molecular flexibility index (Phi) is 7.94. The summed E-state index contributed by atoms with van der Waals surface area (Å²) in [7, 11) is 1.85. The first kappa shape index (κ1) is 23.0. The molecular formula is C22H26Cl2N2O3. The van der Waals surface area contributed by atoms with Crippen molar-refractivity contribution in [3.05, 3.63) is 69.4 Å². The summed E-state index contributed by atoms with van der Waals surface area (Å²) in [6.45, 7) is 5.74. The molecule has 1 heterocycles. The molecule has 3 unspecified atom stereocenters. The summed E-state index contributed by atoms with van der Waals surface area (Å²) in [5.41, 5.74) is 2.11. The van der Waals surface area contributed by atoms with E-state index in [4.69, 9.17) is 28.3 Å². The number of hydrogen-bond donors (Lipinski definition) is 2. The summed E-state index contributed by atoms with van der Waals surface area (Å²) in [5, 5.41) is 12.8. The highest BCUT2D eigenvalue weighted by molar-refractivity contribution is 6.40. The fourth-order valence-corrected chi connectivity index (χ4v) is 3.36. The molecule has 0 aliphatic carbocycles. The van der Waals surface area contributed by atoms with E-state index >= 15 is 0 Å². The van der Waals surface area contributed by atoms with Gasteiger partial charge in [-0.15, -0.1) is 0 Å². The van der Waals surface area contributed by atoms with Crippen molar-refractivity contribution in [2.45, 2.75) is 39.3 Å². The number of carbonyl (C=O) groups excluding carboxylic acids is 1. The van der Waals surface area contributed by atoms with Crippen molar-refractivity contribution in [2.75, 3.05) is 7.05 Å². The van der Waals surface area contributed by atoms with Crippen molar-refractivity contribution < 1.29 is 14.7 Å². The minimum Gasteiger partial charge on any atom is -0.481 e. The Morgan fingerprint density at radius 1 is 1.21 bits per heavy atom. The first-order chi connectivity index (χ1) is 13.6. The molecule has 5 nitrogen and oxygen atoms in total. The van der Waals surface area contributed by atoms with Crippen LogP contribution < -0.4 is 5.32 Å². The summed E-state index contributed by atoms with van der Waals surface area (Å²) >= 11 is 12.6. The fraction of sp³-hybridized carbons (Fsp3) is 0.364. The Labute approximate surface area is 181 Å². The van der Waals surface area contributed by atoms with Crippen LogP contribution in [0.1, 0.15) is 37.9 Å². The highest BCUT2D eigenvalue weighted by atomic mass is 35.5. The molecule has 0 saturated carbocycles. The molecule has 156 valence electrons. The minimum atomic E-state index is -0.876. The summed E-state index contributed by atoms with van der Waals surface area (Å²) in [5.74, 6) is -1.31. The monoisotopic (exact) mass is 436 g/mol. The molecule has 2 N–H and O–H groups in total. The number of nitrogens with one attached hydrogen (secondary N) is 1. The lowest BCUT2D eigenvalue weighted by atomic mass is 10.0. The molecule has 1 aliphatic heterocycles. The molecule has 1 amide bonds. The molecule has 0 fully saturated rings. The van der Waals surface area contributed by atoms with E-state index in [0.717, 1.165) is 5.56 Å². The second-order valence-corrected chi connectivity index (χ2v) is 8.07. The van der Waals surface area contributed by atoms with Crippen LogP contribution >= 0.6 is 23.2 Å². The van der Waals surface area contributed by atoms with Crippen molar-refractivity contribution >= 4 is 35.1 Å². The largest absolute Gasteiger partial charge is 0.481 e. The Morgan fingerprint density at radius 3 is 2.41 bits per heavy atom. The maximum atomic E-state index is 13.0. The number of benzene rings is 1. The molecule has 1 aliphatic rings. The number of likely N-dealkylation sites (N-methyl/N-ethyl adjacent to an activating group) is 1. The average molecular weight is 437 g/mol. The van der Waals surface area contributed by atoms with Gasteiger partial charge in [-0.3, -0.25) is 9.59 Å². The van der Waals surface area contributed by atoms with Crippen LogP contribution in [-0.2, 0) is 16.0 Å². The second-order valence-electron chi connectivity index (χ2n) is 7.25. The third-order valence-corrected chi connectivity index (χ3v) is 5.94. The molecule has 0 saturated heterocycles.